The largest absolute Gasteiger partial charge is 0.325 e. The van der Waals surface area contributed by atoms with Crippen molar-refractivity contribution in [2.75, 3.05) is 27.1 Å². The molecule has 0 bridgehead atoms. The molecule has 0 spiro atoms. The molecular formula is C24H26ClN3O5S2. The second-order valence-corrected chi connectivity index (χ2v) is 12.2. The molecule has 0 aliphatic heterocycles. The predicted octanol–water partition coefficient (Wildman–Crippen LogP) is 4.47. The molecule has 186 valence electrons. The monoisotopic (exact) mass is 535 g/mol. The number of hydrogen-bond donors (Lipinski definition) is 2. The smallest absolute Gasteiger partial charge is 0.261 e. The van der Waals surface area contributed by atoms with Crippen molar-refractivity contribution in [1.82, 2.24) is 0 Å². The molecule has 1 amide bonds. The molecule has 3 aromatic carbocycles. The minimum Gasteiger partial charge on any atom is -0.325 e. The van der Waals surface area contributed by atoms with Crippen molar-refractivity contribution in [3.8, 4) is 0 Å². The first-order valence-corrected chi connectivity index (χ1v) is 14.2. The number of sulfonamides is 2. The van der Waals surface area contributed by atoms with Crippen LogP contribution in [0.3, 0.4) is 0 Å². The number of carbonyl (C=O) groups is 1. The van der Waals surface area contributed by atoms with E-state index in [1.807, 2.05) is 19.1 Å². The summed E-state index contributed by atoms with van der Waals surface area (Å²) in [5.41, 5.74) is 3.54. The number of amides is 1. The highest BCUT2D eigenvalue weighted by Gasteiger charge is 2.22. The molecule has 8 nitrogen and oxygen atoms in total. The lowest BCUT2D eigenvalue weighted by Crippen LogP contribution is -2.37. The highest BCUT2D eigenvalue weighted by Crippen LogP contribution is 2.25. The molecule has 0 radical (unpaired) electrons. The molecule has 3 aromatic rings. The third-order valence-electron chi connectivity index (χ3n) is 5.22. The van der Waals surface area contributed by atoms with E-state index < -0.39 is 32.5 Å². The maximum atomic E-state index is 12.8. The van der Waals surface area contributed by atoms with E-state index in [0.29, 0.717) is 16.4 Å². The van der Waals surface area contributed by atoms with E-state index in [1.165, 1.54) is 30.3 Å². The number of rotatable bonds is 8. The number of hydrogen-bond acceptors (Lipinski definition) is 5. The zero-order chi connectivity index (χ0) is 26.0. The molecule has 11 heteroatoms. The molecule has 35 heavy (non-hydrogen) atoms. The Labute approximate surface area is 211 Å². The summed E-state index contributed by atoms with van der Waals surface area (Å²) in [5.74, 6) is -0.601. The van der Waals surface area contributed by atoms with Crippen molar-refractivity contribution >= 4 is 54.6 Å². The lowest BCUT2D eigenvalue weighted by Gasteiger charge is -2.22. The minimum absolute atomic E-state index is 0.0171. The summed E-state index contributed by atoms with van der Waals surface area (Å²) < 4.78 is 53.7. The first-order chi connectivity index (χ1) is 16.3. The third kappa shape index (κ3) is 6.74. The van der Waals surface area contributed by atoms with Crippen LogP contribution in [0.25, 0.3) is 0 Å². The average molecular weight is 536 g/mol. The summed E-state index contributed by atoms with van der Waals surface area (Å²) in [7, 11) is -7.61. The standard InChI is InChI=1S/C24H26ClN3O5S2/c1-16-5-6-18(3)23(13-16)27-35(32,33)21-11-8-19(9-12-21)26-24(29)15-28(34(4,30)31)20-10-7-17(2)22(25)14-20/h5-14,27H,15H2,1-4H3,(H,26,29). The van der Waals surface area contributed by atoms with Crippen LogP contribution in [0.1, 0.15) is 16.7 Å². The predicted molar refractivity (Wildman–Crippen MR) is 140 cm³/mol. The van der Waals surface area contributed by atoms with Gasteiger partial charge in [-0.05, 0) is 79.9 Å². The van der Waals surface area contributed by atoms with Gasteiger partial charge in [0, 0.05) is 10.7 Å². The number of nitrogens with one attached hydrogen (secondary N) is 2. The van der Waals surface area contributed by atoms with Crippen LogP contribution in [0.4, 0.5) is 17.1 Å². The van der Waals surface area contributed by atoms with E-state index in [9.17, 15) is 21.6 Å². The van der Waals surface area contributed by atoms with Crippen LogP contribution in [-0.2, 0) is 24.8 Å². The Morgan fingerprint density at radius 2 is 1.51 bits per heavy atom. The van der Waals surface area contributed by atoms with Gasteiger partial charge in [0.1, 0.15) is 6.54 Å². The topological polar surface area (TPSA) is 113 Å². The van der Waals surface area contributed by atoms with Crippen LogP contribution in [0.5, 0.6) is 0 Å². The summed E-state index contributed by atoms with van der Waals surface area (Å²) in [6.45, 7) is 4.98. The van der Waals surface area contributed by atoms with Crippen LogP contribution in [0, 0.1) is 20.8 Å². The third-order valence-corrected chi connectivity index (χ3v) is 8.15. The fourth-order valence-electron chi connectivity index (χ4n) is 3.23. The quantitative estimate of drug-likeness (QED) is 0.442. The van der Waals surface area contributed by atoms with Crippen LogP contribution in [-0.4, -0.2) is 35.5 Å². The van der Waals surface area contributed by atoms with E-state index >= 15 is 0 Å². The van der Waals surface area contributed by atoms with Gasteiger partial charge in [-0.1, -0.05) is 29.8 Å². The van der Waals surface area contributed by atoms with E-state index in [-0.39, 0.29) is 10.6 Å². The van der Waals surface area contributed by atoms with Gasteiger partial charge in [0.05, 0.1) is 22.5 Å². The highest BCUT2D eigenvalue weighted by atomic mass is 35.5. The van der Waals surface area contributed by atoms with Gasteiger partial charge in [0.2, 0.25) is 15.9 Å². The molecule has 0 heterocycles. The highest BCUT2D eigenvalue weighted by molar-refractivity contribution is 7.92. The average Bonchev–Trinajstić information content (AvgIpc) is 2.76. The summed E-state index contributed by atoms with van der Waals surface area (Å²) in [5, 5.41) is 2.97. The molecule has 0 aliphatic carbocycles. The van der Waals surface area contributed by atoms with Crippen LogP contribution in [0.15, 0.2) is 65.6 Å². The van der Waals surface area contributed by atoms with Crippen molar-refractivity contribution in [3.05, 3.63) is 82.4 Å². The maximum Gasteiger partial charge on any atom is 0.261 e. The van der Waals surface area contributed by atoms with Crippen molar-refractivity contribution in [2.45, 2.75) is 25.7 Å². The number of carbonyl (C=O) groups excluding carboxylic acids is 1. The van der Waals surface area contributed by atoms with Crippen molar-refractivity contribution in [2.24, 2.45) is 0 Å². The van der Waals surface area contributed by atoms with Gasteiger partial charge in [0.25, 0.3) is 10.0 Å². The summed E-state index contributed by atoms with van der Waals surface area (Å²) in [6, 6.07) is 15.8. The Morgan fingerprint density at radius 3 is 2.11 bits per heavy atom. The van der Waals surface area contributed by atoms with Gasteiger partial charge in [-0.15, -0.1) is 0 Å². The molecule has 0 atom stereocenters. The molecule has 3 rings (SSSR count). The van der Waals surface area contributed by atoms with E-state index in [0.717, 1.165) is 27.3 Å². The van der Waals surface area contributed by atoms with Crippen molar-refractivity contribution in [3.63, 3.8) is 0 Å². The molecular weight excluding hydrogens is 510 g/mol. The van der Waals surface area contributed by atoms with Crippen molar-refractivity contribution < 1.29 is 21.6 Å². The van der Waals surface area contributed by atoms with Gasteiger partial charge < -0.3 is 5.32 Å². The number of nitrogens with zero attached hydrogens (tertiary/aromatic N) is 1. The zero-order valence-corrected chi connectivity index (χ0v) is 22.1. The molecule has 0 aromatic heterocycles. The maximum absolute atomic E-state index is 12.8. The summed E-state index contributed by atoms with van der Waals surface area (Å²) >= 11 is 6.12. The Bertz CT molecular complexity index is 1470. The summed E-state index contributed by atoms with van der Waals surface area (Å²) in [4.78, 5) is 12.6. The van der Waals surface area contributed by atoms with E-state index in [2.05, 4.69) is 10.0 Å². The molecule has 0 fully saturated rings. The van der Waals surface area contributed by atoms with Crippen LogP contribution >= 0.6 is 11.6 Å². The van der Waals surface area contributed by atoms with Crippen LogP contribution in [0.2, 0.25) is 5.02 Å². The Balaban J connectivity index is 1.74. The molecule has 0 aliphatic rings. The minimum atomic E-state index is -3.84. The second-order valence-electron chi connectivity index (χ2n) is 8.20. The Morgan fingerprint density at radius 1 is 0.886 bits per heavy atom. The first-order valence-electron chi connectivity index (χ1n) is 10.5. The van der Waals surface area contributed by atoms with Gasteiger partial charge in [-0.2, -0.15) is 0 Å². The Kier molecular flexibility index (Phi) is 7.78. The van der Waals surface area contributed by atoms with Gasteiger partial charge in [-0.25, -0.2) is 16.8 Å². The van der Waals surface area contributed by atoms with Gasteiger partial charge in [0.15, 0.2) is 0 Å². The summed E-state index contributed by atoms with van der Waals surface area (Å²) in [6.07, 6.45) is 0.997. The van der Waals surface area contributed by atoms with Crippen LogP contribution < -0.4 is 14.3 Å². The van der Waals surface area contributed by atoms with E-state index in [1.54, 1.807) is 32.0 Å². The molecule has 0 saturated carbocycles. The lowest BCUT2D eigenvalue weighted by atomic mass is 10.1. The molecule has 0 saturated heterocycles. The van der Waals surface area contributed by atoms with E-state index in [4.69, 9.17) is 11.6 Å². The molecule has 0 unspecified atom stereocenters. The first kappa shape index (κ1) is 26.5. The normalized spacial score (nSPS) is 11.7. The number of benzene rings is 3. The molecule has 2 N–H and O–H groups in total. The number of anilines is 3. The number of halogens is 1. The van der Waals surface area contributed by atoms with Gasteiger partial charge >= 0.3 is 0 Å². The fourth-order valence-corrected chi connectivity index (χ4v) is 5.38. The fraction of sp³-hybridized carbons (Fsp3) is 0.208. The Hall–Kier alpha value is -3.08. The zero-order valence-electron chi connectivity index (χ0n) is 19.7. The lowest BCUT2D eigenvalue weighted by molar-refractivity contribution is -0.114. The van der Waals surface area contributed by atoms with Crippen molar-refractivity contribution in [1.29, 1.82) is 0 Å². The number of aryl methyl sites for hydroxylation is 3. The SMILES string of the molecule is Cc1ccc(C)c(NS(=O)(=O)c2ccc(NC(=O)CN(c3ccc(C)c(Cl)c3)S(C)(=O)=O)cc2)c1. The van der Waals surface area contributed by atoms with Gasteiger partial charge in [-0.3, -0.25) is 13.8 Å². The second kappa shape index (κ2) is 10.3.